The van der Waals surface area contributed by atoms with Crippen molar-refractivity contribution in [3.05, 3.63) is 30.3 Å². The second-order valence-corrected chi connectivity index (χ2v) is 6.06. The molecule has 1 unspecified atom stereocenters. The molecule has 1 N–H and O–H groups in total. The van der Waals surface area contributed by atoms with Gasteiger partial charge in [0.25, 0.3) is 0 Å². The first-order chi connectivity index (χ1) is 9.57. The first-order valence-corrected chi connectivity index (χ1v) is 7.71. The molecule has 2 rings (SSSR count). The van der Waals surface area contributed by atoms with Gasteiger partial charge in [0.15, 0.2) is 0 Å². The van der Waals surface area contributed by atoms with Crippen LogP contribution in [0.2, 0.25) is 0 Å². The van der Waals surface area contributed by atoms with Crippen molar-refractivity contribution in [2.24, 2.45) is 0 Å². The number of carbonyl (C=O) groups is 1. The maximum absolute atomic E-state index is 13.0. The molecule has 0 bridgehead atoms. The van der Waals surface area contributed by atoms with Gasteiger partial charge < -0.3 is 10.2 Å². The second kappa shape index (κ2) is 6.40. The van der Waals surface area contributed by atoms with Gasteiger partial charge in [-0.05, 0) is 51.7 Å². The highest BCUT2D eigenvalue weighted by molar-refractivity contribution is 6.00. The molecule has 1 heterocycles. The number of nitrogens with zero attached hydrogens (tertiary/aromatic N) is 1. The van der Waals surface area contributed by atoms with Crippen LogP contribution in [0.15, 0.2) is 30.3 Å². The fourth-order valence-corrected chi connectivity index (χ4v) is 3.10. The van der Waals surface area contributed by atoms with Crippen molar-refractivity contribution in [3.8, 4) is 0 Å². The van der Waals surface area contributed by atoms with E-state index in [0.717, 1.165) is 37.9 Å². The van der Waals surface area contributed by atoms with Gasteiger partial charge in [-0.3, -0.25) is 4.79 Å². The van der Waals surface area contributed by atoms with E-state index in [1.807, 2.05) is 35.2 Å². The maximum Gasteiger partial charge on any atom is 0.246 e. The third kappa shape index (κ3) is 3.21. The van der Waals surface area contributed by atoms with Gasteiger partial charge in [0.2, 0.25) is 5.91 Å². The smallest absolute Gasteiger partial charge is 0.246 e. The van der Waals surface area contributed by atoms with Crippen LogP contribution in [0.25, 0.3) is 0 Å². The molecule has 1 aliphatic rings. The molecule has 1 aromatic rings. The molecule has 0 spiro atoms. The summed E-state index contributed by atoms with van der Waals surface area (Å²) in [6.45, 7) is 7.10. The largest absolute Gasteiger partial charge is 0.311 e. The summed E-state index contributed by atoms with van der Waals surface area (Å²) in [5, 5.41) is 3.51. The number of anilines is 1. The van der Waals surface area contributed by atoms with Crippen LogP contribution in [-0.4, -0.2) is 24.0 Å². The van der Waals surface area contributed by atoms with E-state index in [0.29, 0.717) is 6.04 Å². The molecule has 2 atom stereocenters. The fourth-order valence-electron chi connectivity index (χ4n) is 3.10. The van der Waals surface area contributed by atoms with E-state index < -0.39 is 5.54 Å². The number of benzene rings is 1. The summed E-state index contributed by atoms with van der Waals surface area (Å²) >= 11 is 0. The average molecular weight is 274 g/mol. The number of rotatable bonds is 4. The van der Waals surface area contributed by atoms with E-state index in [1.54, 1.807) is 0 Å². The highest BCUT2D eigenvalue weighted by Crippen LogP contribution is 2.27. The van der Waals surface area contributed by atoms with Gasteiger partial charge in [-0.2, -0.15) is 0 Å². The molecule has 0 saturated carbocycles. The Morgan fingerprint density at radius 2 is 2.10 bits per heavy atom. The van der Waals surface area contributed by atoms with Gasteiger partial charge in [-0.15, -0.1) is 0 Å². The number of nitrogens with one attached hydrogen (secondary N) is 1. The number of hydrogen-bond donors (Lipinski definition) is 1. The summed E-state index contributed by atoms with van der Waals surface area (Å²) in [4.78, 5) is 15.0. The van der Waals surface area contributed by atoms with Gasteiger partial charge in [0.1, 0.15) is 0 Å². The molecule has 0 radical (unpaired) electrons. The molecule has 20 heavy (non-hydrogen) atoms. The molecule has 1 fully saturated rings. The number of amides is 1. The zero-order valence-electron chi connectivity index (χ0n) is 12.9. The van der Waals surface area contributed by atoms with E-state index in [2.05, 4.69) is 26.1 Å². The fraction of sp³-hybridized carbons (Fsp3) is 0.588. The van der Waals surface area contributed by atoms with Crippen molar-refractivity contribution >= 4 is 11.6 Å². The number of piperidine rings is 1. The Morgan fingerprint density at radius 3 is 2.70 bits per heavy atom. The van der Waals surface area contributed by atoms with Crippen LogP contribution in [0.1, 0.15) is 46.5 Å². The normalized spacial score (nSPS) is 26.2. The third-order valence-corrected chi connectivity index (χ3v) is 4.11. The van der Waals surface area contributed by atoms with E-state index >= 15 is 0 Å². The van der Waals surface area contributed by atoms with E-state index in [9.17, 15) is 4.79 Å². The standard InChI is InChI=1S/C17H26N2O/c1-4-13-19(15-10-6-5-7-11-15)16(20)17(3)12-8-9-14(2)18-17/h5-7,10-11,14,18H,4,8-9,12-13H2,1-3H3/t14?,17-/m0/s1. The Balaban J connectivity index is 2.23. The summed E-state index contributed by atoms with van der Waals surface area (Å²) in [6.07, 6.45) is 4.16. The lowest BCUT2D eigenvalue weighted by Crippen LogP contribution is -2.60. The summed E-state index contributed by atoms with van der Waals surface area (Å²) in [5.74, 6) is 0.206. The second-order valence-electron chi connectivity index (χ2n) is 6.06. The molecule has 1 aliphatic heterocycles. The Hall–Kier alpha value is -1.35. The topological polar surface area (TPSA) is 32.3 Å². The van der Waals surface area contributed by atoms with Crippen LogP contribution in [-0.2, 0) is 4.79 Å². The van der Waals surface area contributed by atoms with Crippen LogP contribution >= 0.6 is 0 Å². The number of hydrogen-bond acceptors (Lipinski definition) is 2. The lowest BCUT2D eigenvalue weighted by atomic mass is 9.86. The Morgan fingerprint density at radius 1 is 1.40 bits per heavy atom. The molecule has 1 amide bonds. The van der Waals surface area contributed by atoms with Crippen molar-refractivity contribution in [3.63, 3.8) is 0 Å². The predicted molar refractivity (Wildman–Crippen MR) is 83.9 cm³/mol. The van der Waals surface area contributed by atoms with Crippen molar-refractivity contribution < 1.29 is 4.79 Å². The van der Waals surface area contributed by atoms with E-state index in [4.69, 9.17) is 0 Å². The van der Waals surface area contributed by atoms with Crippen LogP contribution < -0.4 is 10.2 Å². The summed E-state index contributed by atoms with van der Waals surface area (Å²) < 4.78 is 0. The molecule has 110 valence electrons. The summed E-state index contributed by atoms with van der Waals surface area (Å²) in [6, 6.07) is 10.4. The lowest BCUT2D eigenvalue weighted by Gasteiger charge is -2.40. The predicted octanol–water partition coefficient (Wildman–Crippen LogP) is 3.35. The lowest BCUT2D eigenvalue weighted by molar-refractivity contribution is -0.125. The van der Waals surface area contributed by atoms with Crippen LogP contribution in [0.5, 0.6) is 0 Å². The molecule has 0 aromatic heterocycles. The Labute approximate surface area is 122 Å². The molecule has 1 saturated heterocycles. The summed E-state index contributed by atoms with van der Waals surface area (Å²) in [5.41, 5.74) is 0.573. The SMILES string of the molecule is CCCN(C(=O)[C@]1(C)CCCC(C)N1)c1ccccc1. The van der Waals surface area contributed by atoms with Gasteiger partial charge in [-0.25, -0.2) is 0 Å². The zero-order valence-corrected chi connectivity index (χ0v) is 12.9. The average Bonchev–Trinajstić information content (AvgIpc) is 2.45. The van der Waals surface area contributed by atoms with Gasteiger partial charge in [0.05, 0.1) is 5.54 Å². The molecule has 3 nitrogen and oxygen atoms in total. The number of carbonyl (C=O) groups excluding carboxylic acids is 1. The monoisotopic (exact) mass is 274 g/mol. The molecular weight excluding hydrogens is 248 g/mol. The van der Waals surface area contributed by atoms with Crippen molar-refractivity contribution in [1.29, 1.82) is 0 Å². The van der Waals surface area contributed by atoms with E-state index in [1.165, 1.54) is 0 Å². The first kappa shape index (κ1) is 15.0. The highest BCUT2D eigenvalue weighted by atomic mass is 16.2. The van der Waals surface area contributed by atoms with Crippen molar-refractivity contribution in [2.75, 3.05) is 11.4 Å². The molecule has 0 aliphatic carbocycles. The van der Waals surface area contributed by atoms with Gasteiger partial charge in [-0.1, -0.05) is 25.1 Å². The minimum Gasteiger partial charge on any atom is -0.311 e. The first-order valence-electron chi connectivity index (χ1n) is 7.71. The maximum atomic E-state index is 13.0. The van der Waals surface area contributed by atoms with E-state index in [-0.39, 0.29) is 5.91 Å². The molecular formula is C17H26N2O. The quantitative estimate of drug-likeness (QED) is 0.913. The number of para-hydroxylation sites is 1. The van der Waals surface area contributed by atoms with Gasteiger partial charge >= 0.3 is 0 Å². The van der Waals surface area contributed by atoms with Crippen molar-refractivity contribution in [1.82, 2.24) is 5.32 Å². The zero-order chi connectivity index (χ0) is 14.6. The minimum absolute atomic E-state index is 0.206. The van der Waals surface area contributed by atoms with Crippen LogP contribution in [0.3, 0.4) is 0 Å². The van der Waals surface area contributed by atoms with Crippen LogP contribution in [0.4, 0.5) is 5.69 Å². The van der Waals surface area contributed by atoms with Gasteiger partial charge in [0, 0.05) is 18.3 Å². The van der Waals surface area contributed by atoms with Crippen molar-refractivity contribution in [2.45, 2.75) is 58.0 Å². The molecule has 3 heteroatoms. The van der Waals surface area contributed by atoms with Crippen LogP contribution in [0, 0.1) is 0 Å². The Bertz CT molecular complexity index is 446. The summed E-state index contributed by atoms with van der Waals surface area (Å²) in [7, 11) is 0. The highest BCUT2D eigenvalue weighted by Gasteiger charge is 2.39. The minimum atomic E-state index is -0.428. The third-order valence-electron chi connectivity index (χ3n) is 4.11. The molecule has 1 aromatic carbocycles. The Kier molecular flexibility index (Phi) is 4.81.